The Balaban J connectivity index is 3.07. The van der Waals surface area contributed by atoms with Gasteiger partial charge in [0.05, 0.1) is 0 Å². The third-order valence-electron chi connectivity index (χ3n) is 1.00. The number of rotatable bonds is 1. The third-order valence-corrected chi connectivity index (χ3v) is 1.46. The van der Waals surface area contributed by atoms with E-state index in [0.29, 0.717) is 0 Å². The van der Waals surface area contributed by atoms with Crippen LogP contribution in [0.2, 0.25) is 0 Å². The molecule has 0 fully saturated rings. The number of halogens is 1. The van der Waals surface area contributed by atoms with Gasteiger partial charge >= 0.3 is 0 Å². The van der Waals surface area contributed by atoms with Crippen molar-refractivity contribution in [3.63, 3.8) is 0 Å². The van der Waals surface area contributed by atoms with E-state index in [9.17, 15) is 0 Å². The predicted molar refractivity (Wildman–Crippen MR) is 43.1 cm³/mol. The predicted octanol–water partition coefficient (Wildman–Crippen LogP) is 2.89. The van der Waals surface area contributed by atoms with E-state index in [1.54, 1.807) is 6.08 Å². The van der Waals surface area contributed by atoms with Crippen molar-refractivity contribution in [3.05, 3.63) is 40.9 Å². The van der Waals surface area contributed by atoms with Crippen LogP contribution in [-0.2, 0) is 0 Å². The van der Waals surface area contributed by atoms with Crippen molar-refractivity contribution in [2.24, 2.45) is 0 Å². The van der Waals surface area contributed by atoms with Crippen LogP contribution >= 0.6 is 15.9 Å². The maximum atomic E-state index is 3.62. The molecule has 0 saturated heterocycles. The highest BCUT2D eigenvalue weighted by molar-refractivity contribution is 9.10. The van der Waals surface area contributed by atoms with E-state index in [1.165, 1.54) is 0 Å². The molecule has 0 aliphatic carbocycles. The van der Waals surface area contributed by atoms with Crippen molar-refractivity contribution in [2.75, 3.05) is 0 Å². The molecule has 0 aliphatic rings. The summed E-state index contributed by atoms with van der Waals surface area (Å²) in [4.78, 5) is 0. The second-order valence-corrected chi connectivity index (χ2v) is 2.51. The van der Waals surface area contributed by atoms with Gasteiger partial charge in [0.2, 0.25) is 0 Å². The molecule has 0 atom stereocenters. The van der Waals surface area contributed by atoms with E-state index in [0.717, 1.165) is 10.0 Å². The van der Waals surface area contributed by atoms with E-state index < -0.39 is 0 Å². The van der Waals surface area contributed by atoms with Gasteiger partial charge in [-0.2, -0.15) is 0 Å². The van der Waals surface area contributed by atoms with Crippen molar-refractivity contribution in [3.8, 4) is 0 Å². The molecule has 1 aromatic carbocycles. The van der Waals surface area contributed by atoms with E-state index in [4.69, 9.17) is 0 Å². The van der Waals surface area contributed by atoms with Gasteiger partial charge in [0.25, 0.3) is 0 Å². The smallest absolute Gasteiger partial charge is 0.0260 e. The van der Waals surface area contributed by atoms with E-state index in [2.05, 4.69) is 28.6 Å². The molecule has 0 N–H and O–H groups in total. The van der Waals surface area contributed by atoms with Crippen molar-refractivity contribution in [1.82, 2.24) is 0 Å². The molecular formula is C8H6Br. The molecule has 9 heavy (non-hydrogen) atoms. The second-order valence-electron chi connectivity index (χ2n) is 1.66. The van der Waals surface area contributed by atoms with Crippen LogP contribution in [-0.4, -0.2) is 0 Å². The molecule has 45 valence electrons. The van der Waals surface area contributed by atoms with Crippen LogP contribution in [0, 0.1) is 6.07 Å². The lowest BCUT2D eigenvalue weighted by Gasteiger charge is -1.89. The normalized spacial score (nSPS) is 9.00. The van der Waals surface area contributed by atoms with Crippen LogP contribution in [0.15, 0.2) is 29.3 Å². The SMILES string of the molecule is C=Cc1[c]c(Br)ccc1. The Hall–Kier alpha value is -0.560. The van der Waals surface area contributed by atoms with Crippen molar-refractivity contribution in [1.29, 1.82) is 0 Å². The van der Waals surface area contributed by atoms with Crippen LogP contribution in [0.1, 0.15) is 5.56 Å². The van der Waals surface area contributed by atoms with Gasteiger partial charge in [-0.25, -0.2) is 0 Å². The van der Waals surface area contributed by atoms with Crippen LogP contribution in [0.3, 0.4) is 0 Å². The molecule has 1 heteroatoms. The molecule has 0 spiro atoms. The standard InChI is InChI=1S/C8H6Br/c1-2-7-4-3-5-8(9)6-7/h2-5H,1H2. The van der Waals surface area contributed by atoms with Crippen LogP contribution in [0.4, 0.5) is 0 Å². The maximum absolute atomic E-state index is 3.62. The minimum absolute atomic E-state index is 0.972. The first kappa shape index (κ1) is 6.56. The van der Waals surface area contributed by atoms with E-state index in [-0.39, 0.29) is 0 Å². The molecule has 0 aliphatic heterocycles. The molecule has 0 aromatic heterocycles. The van der Waals surface area contributed by atoms with Gasteiger partial charge in [0.1, 0.15) is 0 Å². The minimum Gasteiger partial charge on any atom is -0.0984 e. The molecule has 1 radical (unpaired) electrons. The fraction of sp³-hybridized carbons (Fsp3) is 0. The maximum Gasteiger partial charge on any atom is 0.0260 e. The summed E-state index contributed by atoms with van der Waals surface area (Å²) < 4.78 is 0.972. The topological polar surface area (TPSA) is 0 Å². The van der Waals surface area contributed by atoms with Crippen LogP contribution in [0.5, 0.6) is 0 Å². The first-order valence-corrected chi connectivity index (χ1v) is 3.42. The van der Waals surface area contributed by atoms with Gasteiger partial charge < -0.3 is 0 Å². The average molecular weight is 182 g/mol. The van der Waals surface area contributed by atoms with Gasteiger partial charge in [0.15, 0.2) is 0 Å². The van der Waals surface area contributed by atoms with E-state index >= 15 is 0 Å². The number of hydrogen-bond donors (Lipinski definition) is 0. The van der Waals surface area contributed by atoms with Crippen LogP contribution < -0.4 is 0 Å². The molecule has 0 heterocycles. The lowest BCUT2D eigenvalue weighted by molar-refractivity contribution is 1.60. The monoisotopic (exact) mass is 181 g/mol. The molecule has 1 aromatic rings. The zero-order chi connectivity index (χ0) is 6.69. The van der Waals surface area contributed by atoms with Gasteiger partial charge in [-0.15, -0.1) is 0 Å². The highest BCUT2D eigenvalue weighted by Crippen LogP contribution is 2.10. The van der Waals surface area contributed by atoms with Gasteiger partial charge in [-0.05, 0) is 11.6 Å². The summed E-state index contributed by atoms with van der Waals surface area (Å²) in [5, 5.41) is 0. The highest BCUT2D eigenvalue weighted by atomic mass is 79.9. The summed E-state index contributed by atoms with van der Waals surface area (Å²) in [6, 6.07) is 8.91. The molecule has 0 bridgehead atoms. The molecule has 0 unspecified atom stereocenters. The Kier molecular flexibility index (Phi) is 2.06. The Morgan fingerprint density at radius 3 is 2.78 bits per heavy atom. The molecule has 0 nitrogen and oxygen atoms in total. The Morgan fingerprint density at radius 2 is 2.33 bits per heavy atom. The largest absolute Gasteiger partial charge is 0.0984 e. The third kappa shape index (κ3) is 1.68. The summed E-state index contributed by atoms with van der Waals surface area (Å²) in [7, 11) is 0. The average Bonchev–Trinajstić information content (AvgIpc) is 1.88. The summed E-state index contributed by atoms with van der Waals surface area (Å²) in [5.41, 5.74) is 1.02. The lowest BCUT2D eigenvalue weighted by atomic mass is 10.2. The lowest BCUT2D eigenvalue weighted by Crippen LogP contribution is -1.69. The highest BCUT2D eigenvalue weighted by Gasteiger charge is 1.85. The Morgan fingerprint density at radius 1 is 1.56 bits per heavy atom. The molecule has 0 saturated carbocycles. The first-order valence-electron chi connectivity index (χ1n) is 2.63. The molecular weight excluding hydrogens is 176 g/mol. The second kappa shape index (κ2) is 2.83. The van der Waals surface area contributed by atoms with Crippen molar-refractivity contribution < 1.29 is 0 Å². The summed E-state index contributed by atoms with van der Waals surface area (Å²) in [6.07, 6.45) is 1.77. The van der Waals surface area contributed by atoms with Crippen molar-refractivity contribution >= 4 is 22.0 Å². The molecule has 1 rings (SSSR count). The van der Waals surface area contributed by atoms with Crippen molar-refractivity contribution in [2.45, 2.75) is 0 Å². The molecule has 0 amide bonds. The number of benzene rings is 1. The minimum atomic E-state index is 0.972. The van der Waals surface area contributed by atoms with Gasteiger partial charge in [0, 0.05) is 10.5 Å². The quantitative estimate of drug-likeness (QED) is 0.626. The number of hydrogen-bond acceptors (Lipinski definition) is 0. The Bertz CT molecular complexity index is 216. The summed E-state index contributed by atoms with van der Waals surface area (Å²) in [6.45, 7) is 3.62. The zero-order valence-electron chi connectivity index (χ0n) is 4.89. The fourth-order valence-electron chi connectivity index (χ4n) is 0.577. The summed E-state index contributed by atoms with van der Waals surface area (Å²) in [5.74, 6) is 0. The zero-order valence-corrected chi connectivity index (χ0v) is 6.48. The van der Waals surface area contributed by atoms with Gasteiger partial charge in [-0.1, -0.05) is 40.7 Å². The fourth-order valence-corrected chi connectivity index (χ4v) is 0.958. The summed E-state index contributed by atoms with van der Waals surface area (Å²) >= 11 is 3.30. The van der Waals surface area contributed by atoms with Crippen LogP contribution in [0.25, 0.3) is 6.08 Å². The van der Waals surface area contributed by atoms with Gasteiger partial charge in [-0.3, -0.25) is 0 Å². The van der Waals surface area contributed by atoms with E-state index in [1.807, 2.05) is 18.2 Å². The first-order chi connectivity index (χ1) is 4.33. The Labute approximate surface area is 63.3 Å².